The Morgan fingerprint density at radius 2 is 1.42 bits per heavy atom. The van der Waals surface area contributed by atoms with Crippen LogP contribution in [0.4, 0.5) is 0 Å². The Bertz CT molecular complexity index is 696. The SMILES string of the molecule is NC(=O)C(Cc1ccc(O)cc1)NC(=O)CCc1ccc(O)cc1. The zero-order valence-corrected chi connectivity index (χ0v) is 13.1. The Balaban J connectivity index is 1.89. The van der Waals surface area contributed by atoms with E-state index in [9.17, 15) is 19.8 Å². The highest BCUT2D eigenvalue weighted by Gasteiger charge is 2.18. The van der Waals surface area contributed by atoms with Crippen molar-refractivity contribution in [2.24, 2.45) is 5.73 Å². The standard InChI is InChI=1S/C18H20N2O4/c19-18(24)16(11-13-3-8-15(22)9-4-13)20-17(23)10-5-12-1-6-14(21)7-2-12/h1-4,6-9,16,21-22H,5,10-11H2,(H2,19,24)(H,20,23). The molecule has 6 nitrogen and oxygen atoms in total. The second kappa shape index (κ2) is 8.01. The summed E-state index contributed by atoms with van der Waals surface area (Å²) in [4.78, 5) is 23.6. The van der Waals surface area contributed by atoms with Gasteiger partial charge in [-0.05, 0) is 41.8 Å². The van der Waals surface area contributed by atoms with Gasteiger partial charge in [0.05, 0.1) is 0 Å². The molecule has 6 heteroatoms. The van der Waals surface area contributed by atoms with Gasteiger partial charge >= 0.3 is 0 Å². The molecule has 2 amide bonds. The molecule has 0 saturated heterocycles. The van der Waals surface area contributed by atoms with E-state index in [0.717, 1.165) is 11.1 Å². The minimum absolute atomic E-state index is 0.132. The van der Waals surface area contributed by atoms with E-state index >= 15 is 0 Å². The van der Waals surface area contributed by atoms with Crippen LogP contribution in [0.2, 0.25) is 0 Å². The molecule has 1 unspecified atom stereocenters. The first-order chi connectivity index (χ1) is 11.4. The van der Waals surface area contributed by atoms with Gasteiger partial charge < -0.3 is 21.3 Å². The number of carbonyl (C=O) groups excluding carboxylic acids is 2. The number of benzene rings is 2. The lowest BCUT2D eigenvalue weighted by atomic mass is 10.0. The lowest BCUT2D eigenvalue weighted by Crippen LogP contribution is -2.45. The second-order valence-electron chi connectivity index (χ2n) is 5.56. The molecule has 0 radical (unpaired) electrons. The topological polar surface area (TPSA) is 113 Å². The van der Waals surface area contributed by atoms with Crippen molar-refractivity contribution in [3.8, 4) is 11.5 Å². The number of primary amides is 1. The lowest BCUT2D eigenvalue weighted by molar-refractivity contribution is -0.127. The van der Waals surface area contributed by atoms with Gasteiger partial charge in [-0.3, -0.25) is 9.59 Å². The van der Waals surface area contributed by atoms with Crippen LogP contribution in [-0.2, 0) is 22.4 Å². The summed E-state index contributed by atoms with van der Waals surface area (Å²) in [5.41, 5.74) is 7.06. The average molecular weight is 328 g/mol. The molecule has 0 aromatic heterocycles. The molecule has 2 aromatic rings. The number of hydrogen-bond donors (Lipinski definition) is 4. The van der Waals surface area contributed by atoms with Gasteiger partial charge in [0.2, 0.25) is 11.8 Å². The number of aromatic hydroxyl groups is 2. The van der Waals surface area contributed by atoms with E-state index in [4.69, 9.17) is 5.73 Å². The van der Waals surface area contributed by atoms with Gasteiger partial charge in [-0.25, -0.2) is 0 Å². The molecule has 0 spiro atoms. The zero-order valence-electron chi connectivity index (χ0n) is 13.1. The van der Waals surface area contributed by atoms with Crippen LogP contribution in [0.1, 0.15) is 17.5 Å². The van der Waals surface area contributed by atoms with Crippen LogP contribution in [0, 0.1) is 0 Å². The first-order valence-corrected chi connectivity index (χ1v) is 7.58. The van der Waals surface area contributed by atoms with Crippen LogP contribution in [-0.4, -0.2) is 28.1 Å². The average Bonchev–Trinajstić information content (AvgIpc) is 2.55. The normalized spacial score (nSPS) is 11.7. The van der Waals surface area contributed by atoms with Crippen molar-refractivity contribution in [2.45, 2.75) is 25.3 Å². The van der Waals surface area contributed by atoms with Gasteiger partial charge in [-0.15, -0.1) is 0 Å². The van der Waals surface area contributed by atoms with E-state index in [1.54, 1.807) is 36.4 Å². The Morgan fingerprint density at radius 1 is 0.917 bits per heavy atom. The fourth-order valence-electron chi connectivity index (χ4n) is 2.28. The van der Waals surface area contributed by atoms with E-state index in [0.29, 0.717) is 6.42 Å². The largest absolute Gasteiger partial charge is 0.508 e. The Hall–Kier alpha value is -3.02. The van der Waals surface area contributed by atoms with E-state index < -0.39 is 11.9 Å². The number of aryl methyl sites for hydroxylation is 1. The highest BCUT2D eigenvalue weighted by atomic mass is 16.3. The molecule has 0 saturated carbocycles. The molecule has 2 rings (SSSR count). The minimum Gasteiger partial charge on any atom is -0.508 e. The highest BCUT2D eigenvalue weighted by molar-refractivity contribution is 5.86. The number of carbonyl (C=O) groups is 2. The van der Waals surface area contributed by atoms with Crippen molar-refractivity contribution in [1.82, 2.24) is 5.32 Å². The summed E-state index contributed by atoms with van der Waals surface area (Å²) in [6.07, 6.45) is 0.974. The smallest absolute Gasteiger partial charge is 0.240 e. The quantitative estimate of drug-likeness (QED) is 0.612. The molecule has 0 aliphatic carbocycles. The van der Waals surface area contributed by atoms with Crippen LogP contribution >= 0.6 is 0 Å². The maximum Gasteiger partial charge on any atom is 0.240 e. The highest BCUT2D eigenvalue weighted by Crippen LogP contribution is 2.12. The van der Waals surface area contributed by atoms with E-state index in [1.807, 2.05) is 0 Å². The number of nitrogens with two attached hydrogens (primary N) is 1. The summed E-state index contributed by atoms with van der Waals surface area (Å²) >= 11 is 0. The van der Waals surface area contributed by atoms with Crippen molar-refractivity contribution >= 4 is 11.8 Å². The molecular weight excluding hydrogens is 308 g/mol. The molecule has 0 fully saturated rings. The molecule has 24 heavy (non-hydrogen) atoms. The zero-order chi connectivity index (χ0) is 17.5. The first-order valence-electron chi connectivity index (χ1n) is 7.58. The number of phenolic OH excluding ortho intramolecular Hbond substituents is 2. The van der Waals surface area contributed by atoms with Crippen LogP contribution in [0.5, 0.6) is 11.5 Å². The predicted molar refractivity (Wildman–Crippen MR) is 89.4 cm³/mol. The maximum absolute atomic E-state index is 12.0. The summed E-state index contributed by atoms with van der Waals surface area (Å²) in [6.45, 7) is 0. The first kappa shape index (κ1) is 17.3. The summed E-state index contributed by atoms with van der Waals surface area (Å²) < 4.78 is 0. The number of phenols is 2. The van der Waals surface area contributed by atoms with Crippen LogP contribution in [0.15, 0.2) is 48.5 Å². The lowest BCUT2D eigenvalue weighted by Gasteiger charge is -2.15. The van der Waals surface area contributed by atoms with Crippen molar-refractivity contribution in [2.75, 3.05) is 0 Å². The van der Waals surface area contributed by atoms with Gasteiger partial charge in [-0.2, -0.15) is 0 Å². The number of hydrogen-bond acceptors (Lipinski definition) is 4. The van der Waals surface area contributed by atoms with Crippen molar-refractivity contribution in [1.29, 1.82) is 0 Å². The fraction of sp³-hybridized carbons (Fsp3) is 0.222. The number of nitrogens with one attached hydrogen (secondary N) is 1. The van der Waals surface area contributed by atoms with Crippen LogP contribution in [0.25, 0.3) is 0 Å². The third kappa shape index (κ3) is 5.31. The molecule has 0 aliphatic rings. The van der Waals surface area contributed by atoms with Crippen molar-refractivity contribution < 1.29 is 19.8 Å². The number of amides is 2. The van der Waals surface area contributed by atoms with Crippen LogP contribution in [0.3, 0.4) is 0 Å². The monoisotopic (exact) mass is 328 g/mol. The minimum atomic E-state index is -0.804. The molecule has 2 aromatic carbocycles. The molecular formula is C18H20N2O4. The summed E-state index contributed by atoms with van der Waals surface area (Å²) in [5.74, 6) is -0.579. The molecule has 1 atom stereocenters. The van der Waals surface area contributed by atoms with Gasteiger partial charge in [0, 0.05) is 12.8 Å². The van der Waals surface area contributed by atoms with Crippen LogP contribution < -0.4 is 11.1 Å². The van der Waals surface area contributed by atoms with Gasteiger partial charge in [0.1, 0.15) is 17.5 Å². The molecule has 126 valence electrons. The Labute approximate surface area is 139 Å². The van der Waals surface area contributed by atoms with E-state index in [-0.39, 0.29) is 30.2 Å². The summed E-state index contributed by atoms with van der Waals surface area (Å²) in [7, 11) is 0. The number of rotatable bonds is 7. The Morgan fingerprint density at radius 3 is 1.92 bits per heavy atom. The van der Waals surface area contributed by atoms with Gasteiger partial charge in [-0.1, -0.05) is 24.3 Å². The molecule has 0 bridgehead atoms. The summed E-state index contributed by atoms with van der Waals surface area (Å²) in [6, 6.07) is 12.2. The molecule has 0 heterocycles. The van der Waals surface area contributed by atoms with E-state index in [2.05, 4.69) is 5.32 Å². The maximum atomic E-state index is 12.0. The Kier molecular flexibility index (Phi) is 5.78. The van der Waals surface area contributed by atoms with Gasteiger partial charge in [0.25, 0.3) is 0 Å². The third-order valence-corrected chi connectivity index (χ3v) is 3.63. The second-order valence-corrected chi connectivity index (χ2v) is 5.56. The molecule has 0 aliphatic heterocycles. The fourth-order valence-corrected chi connectivity index (χ4v) is 2.28. The van der Waals surface area contributed by atoms with Crippen molar-refractivity contribution in [3.05, 3.63) is 59.7 Å². The van der Waals surface area contributed by atoms with Gasteiger partial charge in [0.15, 0.2) is 0 Å². The summed E-state index contributed by atoms with van der Waals surface area (Å²) in [5, 5.41) is 21.1. The van der Waals surface area contributed by atoms with E-state index in [1.165, 1.54) is 12.1 Å². The third-order valence-electron chi connectivity index (χ3n) is 3.63. The van der Waals surface area contributed by atoms with Crippen molar-refractivity contribution in [3.63, 3.8) is 0 Å². The predicted octanol–water partition coefficient (Wildman–Crippen LogP) is 1.24. The molecule has 5 N–H and O–H groups in total.